The molecule has 394 valence electrons. The Morgan fingerprint density at radius 3 is 0.826 bits per heavy atom. The van der Waals surface area contributed by atoms with E-state index in [-0.39, 0.29) is 11.6 Å². The van der Waals surface area contributed by atoms with Gasteiger partial charge in [0.2, 0.25) is 0 Å². The topological polar surface area (TPSA) is 191 Å². The molecule has 0 spiro atoms. The lowest BCUT2D eigenvalue weighted by Gasteiger charge is -2.17. The zero-order valence-electron chi connectivity index (χ0n) is 45.4. The first kappa shape index (κ1) is 51.1. The van der Waals surface area contributed by atoms with E-state index in [0.717, 1.165) is 88.1 Å². The fourth-order valence-corrected chi connectivity index (χ4v) is 11.6. The Balaban J connectivity index is 1.02. The fourth-order valence-electron chi connectivity index (χ4n) is 11.6. The van der Waals surface area contributed by atoms with Crippen molar-refractivity contribution < 1.29 is 0 Å². The van der Waals surface area contributed by atoms with E-state index in [1.807, 2.05) is 140 Å². The Labute approximate surface area is 493 Å². The number of hydrogen-bond acceptors (Lipinski definition) is 9. The maximum atomic E-state index is 10.7. The number of aromatic nitrogens is 5. The average molecular weight is 1090 g/mol. The van der Waals surface area contributed by atoms with Crippen LogP contribution in [0.25, 0.3) is 134 Å². The largest absolute Gasteiger partial charge is 0.308 e. The Morgan fingerprint density at radius 2 is 0.512 bits per heavy atom. The molecular weight excluding hydrogens is 1050 g/mol. The van der Waals surface area contributed by atoms with Crippen molar-refractivity contribution in [1.29, 1.82) is 31.6 Å². The lowest BCUT2D eigenvalue weighted by Crippen LogP contribution is -2.06. The number of nitriles is 6. The summed E-state index contributed by atoms with van der Waals surface area (Å²) >= 11 is 0. The standard InChI is InChI=1S/C75H39N11/c76-40-46-8-4-14-53(30-46)57-20-26-67-61(36-57)62-37-58(54-15-5-9-47(31-54)41-77)21-27-68(62)85(67)71-24-18-50(44-80)34-65(71)74-82-73(52-12-2-1-3-13-52)83-75(84-74)66-35-51(45-81)19-25-72(66)86-69-28-22-59(55-16-6-10-48(32-55)42-78)38-63(69)64-39-60(23-29-70(64)86)56-17-7-11-49(33-56)43-79/h1-39H. The Morgan fingerprint density at radius 1 is 0.233 bits per heavy atom. The van der Waals surface area contributed by atoms with E-state index in [9.17, 15) is 31.6 Å². The molecule has 0 radical (unpaired) electrons. The molecule has 11 nitrogen and oxygen atoms in total. The maximum Gasteiger partial charge on any atom is 0.166 e. The average Bonchev–Trinajstić information content (AvgIpc) is 1.68. The summed E-state index contributed by atoms with van der Waals surface area (Å²) in [6.45, 7) is 0. The molecule has 0 saturated carbocycles. The third kappa shape index (κ3) is 8.96. The highest BCUT2D eigenvalue weighted by atomic mass is 15.1. The van der Waals surface area contributed by atoms with Crippen molar-refractivity contribution in [2.45, 2.75) is 0 Å². The molecule has 0 unspecified atom stereocenters. The lowest BCUT2D eigenvalue weighted by molar-refractivity contribution is 1.06. The van der Waals surface area contributed by atoms with Gasteiger partial charge in [-0.3, -0.25) is 0 Å². The zero-order valence-corrected chi connectivity index (χ0v) is 45.4. The molecule has 3 heterocycles. The highest BCUT2D eigenvalue weighted by Crippen LogP contribution is 2.43. The highest BCUT2D eigenvalue weighted by Gasteiger charge is 2.25. The van der Waals surface area contributed by atoms with Gasteiger partial charge in [-0.25, -0.2) is 15.0 Å². The predicted octanol–water partition coefficient (Wildman–Crippen LogP) is 17.0. The van der Waals surface area contributed by atoms with Gasteiger partial charge in [-0.05, 0) is 178 Å². The van der Waals surface area contributed by atoms with Crippen LogP contribution < -0.4 is 0 Å². The molecule has 0 atom stereocenters. The third-order valence-electron chi connectivity index (χ3n) is 15.7. The minimum absolute atomic E-state index is 0.273. The quantitative estimate of drug-likeness (QED) is 0.135. The highest BCUT2D eigenvalue weighted by molar-refractivity contribution is 6.13. The second kappa shape index (κ2) is 21.1. The van der Waals surface area contributed by atoms with Crippen LogP contribution in [0.15, 0.2) is 237 Å². The maximum absolute atomic E-state index is 10.7. The molecule has 0 saturated heterocycles. The fraction of sp³-hybridized carbons (Fsp3) is 0. The van der Waals surface area contributed by atoms with Gasteiger partial charge in [0, 0.05) is 38.2 Å². The molecule has 0 aliphatic carbocycles. The molecule has 11 aromatic carbocycles. The molecule has 11 heteroatoms. The molecular formula is C75H39N11. The monoisotopic (exact) mass is 1090 g/mol. The summed E-state index contributed by atoms with van der Waals surface area (Å²) in [5.41, 5.74) is 16.7. The summed E-state index contributed by atoms with van der Waals surface area (Å²) in [7, 11) is 0. The number of hydrogen-bond donors (Lipinski definition) is 0. The van der Waals surface area contributed by atoms with Gasteiger partial charge in [0.05, 0.1) is 103 Å². The van der Waals surface area contributed by atoms with E-state index in [4.69, 9.17) is 15.0 Å². The van der Waals surface area contributed by atoms with Crippen LogP contribution in [0.5, 0.6) is 0 Å². The number of benzene rings is 11. The van der Waals surface area contributed by atoms with Crippen molar-refractivity contribution in [2.24, 2.45) is 0 Å². The van der Waals surface area contributed by atoms with E-state index in [1.165, 1.54) is 0 Å². The molecule has 0 aliphatic heterocycles. The first-order valence-corrected chi connectivity index (χ1v) is 27.4. The normalized spacial score (nSPS) is 11.0. The lowest BCUT2D eigenvalue weighted by atomic mass is 9.99. The minimum Gasteiger partial charge on any atom is -0.308 e. The summed E-state index contributed by atoms with van der Waals surface area (Å²) in [6, 6.07) is 89.6. The molecule has 0 amide bonds. The van der Waals surface area contributed by atoms with Crippen LogP contribution in [0.4, 0.5) is 0 Å². The van der Waals surface area contributed by atoms with Crippen molar-refractivity contribution in [3.05, 3.63) is 270 Å². The molecule has 0 bridgehead atoms. The SMILES string of the molecule is N#Cc1cccc(-c2ccc3c(c2)c2cc(-c4cccc(C#N)c4)ccc2n3-c2ccc(C#N)cc2-c2nc(-c3ccccc3)nc(-c3cc(C#N)ccc3-n3c4ccc(-c5cccc(C#N)c5)cc4c4cc(-c5cccc(C#N)c5)ccc43)n2)c1. The van der Waals surface area contributed by atoms with Gasteiger partial charge in [-0.1, -0.05) is 103 Å². The van der Waals surface area contributed by atoms with E-state index in [0.29, 0.717) is 67.3 Å². The van der Waals surface area contributed by atoms with Crippen molar-refractivity contribution in [2.75, 3.05) is 0 Å². The molecule has 14 aromatic rings. The van der Waals surface area contributed by atoms with Gasteiger partial charge in [-0.15, -0.1) is 0 Å². The molecule has 0 fully saturated rings. The number of rotatable bonds is 9. The molecule has 0 aliphatic rings. The van der Waals surface area contributed by atoms with Gasteiger partial charge >= 0.3 is 0 Å². The summed E-state index contributed by atoms with van der Waals surface area (Å²) in [5, 5.41) is 64.5. The molecule has 14 rings (SSSR count). The van der Waals surface area contributed by atoms with E-state index < -0.39 is 0 Å². The predicted molar refractivity (Wildman–Crippen MR) is 335 cm³/mol. The molecule has 3 aromatic heterocycles. The number of fused-ring (bicyclic) bond motifs is 6. The first-order valence-electron chi connectivity index (χ1n) is 27.4. The Bertz CT molecular complexity index is 4910. The van der Waals surface area contributed by atoms with Crippen molar-refractivity contribution in [3.63, 3.8) is 0 Å². The smallest absolute Gasteiger partial charge is 0.166 e. The Hall–Kier alpha value is -13.0. The van der Waals surface area contributed by atoms with Crippen LogP contribution in [0, 0.1) is 68.0 Å². The Kier molecular flexibility index (Phi) is 12.6. The van der Waals surface area contributed by atoms with E-state index >= 15 is 0 Å². The van der Waals surface area contributed by atoms with Crippen LogP contribution in [0.2, 0.25) is 0 Å². The zero-order chi connectivity index (χ0) is 58.4. The summed E-state index contributed by atoms with van der Waals surface area (Å²) in [4.78, 5) is 16.0. The molecule has 86 heavy (non-hydrogen) atoms. The van der Waals surface area contributed by atoms with Crippen LogP contribution in [-0.4, -0.2) is 24.1 Å². The van der Waals surface area contributed by atoms with Crippen LogP contribution in [-0.2, 0) is 0 Å². The van der Waals surface area contributed by atoms with Crippen molar-refractivity contribution in [3.8, 4) is 126 Å². The van der Waals surface area contributed by atoms with Gasteiger partial charge in [0.25, 0.3) is 0 Å². The second-order valence-corrected chi connectivity index (χ2v) is 20.7. The minimum atomic E-state index is 0.273. The van der Waals surface area contributed by atoms with Crippen molar-refractivity contribution in [1.82, 2.24) is 24.1 Å². The third-order valence-corrected chi connectivity index (χ3v) is 15.7. The number of nitrogens with zero attached hydrogens (tertiary/aromatic N) is 11. The summed E-state index contributed by atoms with van der Waals surface area (Å²) in [6.07, 6.45) is 0. The van der Waals surface area contributed by atoms with Gasteiger partial charge in [0.15, 0.2) is 17.5 Å². The first-order chi connectivity index (χ1) is 42.3. The van der Waals surface area contributed by atoms with Gasteiger partial charge in [-0.2, -0.15) is 31.6 Å². The van der Waals surface area contributed by atoms with Crippen molar-refractivity contribution >= 4 is 43.6 Å². The van der Waals surface area contributed by atoms with E-state index in [1.54, 1.807) is 48.5 Å². The summed E-state index contributed by atoms with van der Waals surface area (Å²) < 4.78 is 4.32. The van der Waals surface area contributed by atoms with Crippen LogP contribution >= 0.6 is 0 Å². The van der Waals surface area contributed by atoms with Crippen LogP contribution in [0.1, 0.15) is 33.4 Å². The second-order valence-electron chi connectivity index (χ2n) is 20.7. The van der Waals surface area contributed by atoms with Gasteiger partial charge < -0.3 is 9.13 Å². The van der Waals surface area contributed by atoms with Gasteiger partial charge in [0.1, 0.15) is 0 Å². The molecule has 0 N–H and O–H groups in total. The summed E-state index contributed by atoms with van der Waals surface area (Å²) in [5.74, 6) is 0.906. The van der Waals surface area contributed by atoms with Crippen LogP contribution in [0.3, 0.4) is 0 Å². The van der Waals surface area contributed by atoms with E-state index in [2.05, 4.69) is 94.1 Å².